The Balaban J connectivity index is 2.27. The molecule has 0 saturated carbocycles. The number of nitrogens with one attached hydrogen (secondary N) is 1. The van der Waals surface area contributed by atoms with Crippen LogP contribution in [0.3, 0.4) is 0 Å². The van der Waals surface area contributed by atoms with E-state index < -0.39 is 11.6 Å². The number of dihydropyridines is 1. The first-order valence-corrected chi connectivity index (χ1v) is 5.69. The third kappa shape index (κ3) is 2.41. The van der Waals surface area contributed by atoms with E-state index in [1.807, 2.05) is 30.4 Å². The first-order chi connectivity index (χ1) is 8.63. The van der Waals surface area contributed by atoms with E-state index in [2.05, 4.69) is 10.3 Å². The molecule has 0 bridgehead atoms. The normalized spacial score (nSPS) is 22.2. The van der Waals surface area contributed by atoms with Crippen LogP contribution in [0.2, 0.25) is 0 Å². The van der Waals surface area contributed by atoms with Crippen molar-refractivity contribution in [2.75, 3.05) is 0 Å². The fraction of sp³-hybridized carbons (Fsp3) is 0.231. The lowest BCUT2D eigenvalue weighted by Gasteiger charge is -2.34. The molecule has 1 aliphatic heterocycles. The molecule has 0 saturated heterocycles. The van der Waals surface area contributed by atoms with Gasteiger partial charge in [-0.05, 0) is 36.4 Å². The average molecular weight is 245 g/mol. The topological polar surface area (TPSA) is 88.2 Å². The van der Waals surface area contributed by atoms with E-state index in [4.69, 9.17) is 10.8 Å². The van der Waals surface area contributed by atoms with Crippen LogP contribution < -0.4 is 11.1 Å². The lowest BCUT2D eigenvalue weighted by Crippen LogP contribution is -2.51. The van der Waals surface area contributed by atoms with Crippen LogP contribution in [-0.2, 0) is 10.5 Å². The molecule has 2 heterocycles. The van der Waals surface area contributed by atoms with Crippen molar-refractivity contribution in [1.29, 1.82) is 0 Å². The molecular formula is C13H15N3O2. The van der Waals surface area contributed by atoms with Gasteiger partial charge in [-0.25, -0.2) is 0 Å². The Morgan fingerprint density at radius 3 is 3.00 bits per heavy atom. The van der Waals surface area contributed by atoms with Crippen molar-refractivity contribution in [3.8, 4) is 0 Å². The van der Waals surface area contributed by atoms with Crippen molar-refractivity contribution in [2.45, 2.75) is 18.5 Å². The van der Waals surface area contributed by atoms with E-state index in [1.54, 1.807) is 12.4 Å². The smallest absolute Gasteiger partial charge is 0.303 e. The maximum Gasteiger partial charge on any atom is 0.303 e. The number of hydrogen-bond acceptors (Lipinski definition) is 4. The standard InChI is InChI=1S/C13H15N3O2/c14-13(11-5-1-2-8-15-11)10(4-3-9-16-13)6-7-12(17)18/h1-5,8-9,16H,6-7,14H2,(H,17,18). The van der Waals surface area contributed by atoms with E-state index in [9.17, 15) is 4.79 Å². The van der Waals surface area contributed by atoms with E-state index in [0.717, 1.165) is 5.57 Å². The number of aromatic nitrogens is 1. The first kappa shape index (κ1) is 12.3. The van der Waals surface area contributed by atoms with Crippen molar-refractivity contribution < 1.29 is 9.90 Å². The third-order valence-corrected chi connectivity index (χ3v) is 2.89. The van der Waals surface area contributed by atoms with Crippen molar-refractivity contribution in [2.24, 2.45) is 5.73 Å². The first-order valence-electron chi connectivity index (χ1n) is 5.69. The molecule has 1 aromatic rings. The fourth-order valence-electron chi connectivity index (χ4n) is 1.92. The Bertz CT molecular complexity index is 496. The molecule has 0 fully saturated rings. The molecule has 94 valence electrons. The Morgan fingerprint density at radius 1 is 1.50 bits per heavy atom. The molecule has 0 spiro atoms. The molecule has 0 aliphatic carbocycles. The summed E-state index contributed by atoms with van der Waals surface area (Å²) in [6, 6.07) is 5.48. The van der Waals surface area contributed by atoms with Crippen LogP contribution in [0, 0.1) is 0 Å². The van der Waals surface area contributed by atoms with Crippen molar-refractivity contribution in [1.82, 2.24) is 10.3 Å². The molecule has 5 heteroatoms. The Kier molecular flexibility index (Phi) is 3.43. The number of allylic oxidation sites excluding steroid dienone is 2. The highest BCUT2D eigenvalue weighted by Gasteiger charge is 2.33. The SMILES string of the molecule is NC1(c2ccccn2)NC=CC=C1CCC(=O)O. The van der Waals surface area contributed by atoms with Gasteiger partial charge < -0.3 is 16.2 Å². The summed E-state index contributed by atoms with van der Waals surface area (Å²) in [5.74, 6) is -0.839. The second kappa shape index (κ2) is 5.01. The zero-order valence-electron chi connectivity index (χ0n) is 9.84. The number of pyridine rings is 1. The van der Waals surface area contributed by atoms with Crippen LogP contribution in [0.4, 0.5) is 0 Å². The van der Waals surface area contributed by atoms with Gasteiger partial charge in [-0.1, -0.05) is 12.1 Å². The minimum atomic E-state index is -0.925. The van der Waals surface area contributed by atoms with Gasteiger partial charge >= 0.3 is 5.97 Å². The van der Waals surface area contributed by atoms with Gasteiger partial charge in [0.05, 0.1) is 5.69 Å². The predicted molar refractivity (Wildman–Crippen MR) is 67.3 cm³/mol. The Labute approximate surface area is 105 Å². The second-order valence-corrected chi connectivity index (χ2v) is 4.11. The molecule has 1 aromatic heterocycles. The second-order valence-electron chi connectivity index (χ2n) is 4.11. The largest absolute Gasteiger partial charge is 0.481 e. The van der Waals surface area contributed by atoms with Gasteiger partial charge in [0.2, 0.25) is 0 Å². The van der Waals surface area contributed by atoms with Gasteiger partial charge in [0.1, 0.15) is 0 Å². The number of aliphatic carboxylic acids is 1. The van der Waals surface area contributed by atoms with Gasteiger partial charge in [-0.2, -0.15) is 0 Å². The number of carbonyl (C=O) groups is 1. The van der Waals surface area contributed by atoms with Gasteiger partial charge in [0.15, 0.2) is 5.66 Å². The average Bonchev–Trinajstić information content (AvgIpc) is 2.39. The summed E-state index contributed by atoms with van der Waals surface area (Å²) in [6.45, 7) is 0. The highest BCUT2D eigenvalue weighted by molar-refractivity contribution is 5.67. The molecule has 5 nitrogen and oxygen atoms in total. The van der Waals surface area contributed by atoms with Crippen LogP contribution in [-0.4, -0.2) is 16.1 Å². The van der Waals surface area contributed by atoms with E-state index in [-0.39, 0.29) is 6.42 Å². The zero-order chi connectivity index (χ0) is 13.0. The Morgan fingerprint density at radius 2 is 2.33 bits per heavy atom. The molecule has 1 unspecified atom stereocenters. The molecule has 2 rings (SSSR count). The van der Waals surface area contributed by atoms with Crippen LogP contribution in [0.15, 0.2) is 48.3 Å². The monoisotopic (exact) mass is 245 g/mol. The lowest BCUT2D eigenvalue weighted by molar-refractivity contribution is -0.137. The van der Waals surface area contributed by atoms with E-state index in [1.165, 1.54) is 0 Å². The van der Waals surface area contributed by atoms with E-state index >= 15 is 0 Å². The van der Waals surface area contributed by atoms with Crippen LogP contribution in [0.1, 0.15) is 18.5 Å². The van der Waals surface area contributed by atoms with E-state index in [0.29, 0.717) is 12.1 Å². The summed E-state index contributed by atoms with van der Waals surface area (Å²) < 4.78 is 0. The molecule has 0 amide bonds. The summed E-state index contributed by atoms with van der Waals surface area (Å²) in [5, 5.41) is 11.8. The van der Waals surface area contributed by atoms with Gasteiger partial charge in [-0.3, -0.25) is 9.78 Å². The van der Waals surface area contributed by atoms with Gasteiger partial charge in [0.25, 0.3) is 0 Å². The quantitative estimate of drug-likeness (QED) is 0.739. The number of carboxylic acids is 1. The molecule has 0 aromatic carbocycles. The third-order valence-electron chi connectivity index (χ3n) is 2.89. The predicted octanol–water partition coefficient (Wildman–Crippen LogP) is 1.10. The summed E-state index contributed by atoms with van der Waals surface area (Å²) in [6.07, 6.45) is 7.49. The maximum absolute atomic E-state index is 10.7. The van der Waals surface area contributed by atoms with Gasteiger partial charge in [-0.15, -0.1) is 0 Å². The van der Waals surface area contributed by atoms with Crippen molar-refractivity contribution >= 4 is 5.97 Å². The number of carboxylic acid groups (broad SMARTS) is 1. The highest BCUT2D eigenvalue weighted by Crippen LogP contribution is 2.28. The summed E-state index contributed by atoms with van der Waals surface area (Å²) in [7, 11) is 0. The molecule has 18 heavy (non-hydrogen) atoms. The van der Waals surface area contributed by atoms with Gasteiger partial charge in [0, 0.05) is 12.6 Å². The summed E-state index contributed by atoms with van der Waals surface area (Å²) in [4.78, 5) is 14.9. The minimum Gasteiger partial charge on any atom is -0.481 e. The molecule has 4 N–H and O–H groups in total. The summed E-state index contributed by atoms with van der Waals surface area (Å²) >= 11 is 0. The Hall–Kier alpha value is -2.14. The summed E-state index contributed by atoms with van der Waals surface area (Å²) in [5.41, 5.74) is 6.88. The molecular weight excluding hydrogens is 230 g/mol. The number of nitrogens with zero attached hydrogens (tertiary/aromatic N) is 1. The van der Waals surface area contributed by atoms with Crippen LogP contribution in [0.25, 0.3) is 0 Å². The molecule has 1 aliphatic rings. The number of rotatable bonds is 4. The van der Waals surface area contributed by atoms with Crippen molar-refractivity contribution in [3.05, 3.63) is 54.0 Å². The highest BCUT2D eigenvalue weighted by atomic mass is 16.4. The molecule has 1 atom stereocenters. The fourth-order valence-corrected chi connectivity index (χ4v) is 1.92. The van der Waals surface area contributed by atoms with Crippen LogP contribution in [0.5, 0.6) is 0 Å². The number of nitrogens with two attached hydrogens (primary N) is 1. The van der Waals surface area contributed by atoms with Crippen molar-refractivity contribution in [3.63, 3.8) is 0 Å². The van der Waals surface area contributed by atoms with Crippen LogP contribution >= 0.6 is 0 Å². The molecule has 0 radical (unpaired) electrons. The maximum atomic E-state index is 10.7. The minimum absolute atomic E-state index is 0.0487. The number of hydrogen-bond donors (Lipinski definition) is 3. The lowest BCUT2D eigenvalue weighted by atomic mass is 9.90. The zero-order valence-corrected chi connectivity index (χ0v) is 9.84.